The third-order valence-corrected chi connectivity index (χ3v) is 2.92. The van der Waals surface area contributed by atoms with E-state index in [1.807, 2.05) is 0 Å². The van der Waals surface area contributed by atoms with Gasteiger partial charge in [0.05, 0.1) is 0 Å². The summed E-state index contributed by atoms with van der Waals surface area (Å²) in [7, 11) is 0. The first-order valence-corrected chi connectivity index (χ1v) is 7.67. The van der Waals surface area contributed by atoms with E-state index in [2.05, 4.69) is 9.47 Å². The zero-order valence-corrected chi connectivity index (χ0v) is 14.8. The summed E-state index contributed by atoms with van der Waals surface area (Å²) in [4.78, 5) is 20.3. The summed E-state index contributed by atoms with van der Waals surface area (Å²) in [5.74, 6) is -5.63. The highest BCUT2D eigenvalue weighted by Gasteiger charge is 2.33. The van der Waals surface area contributed by atoms with Crippen LogP contribution in [0.25, 0.3) is 6.08 Å². The van der Waals surface area contributed by atoms with E-state index in [-0.39, 0.29) is 11.1 Å². The number of carbonyl (C=O) groups excluding carboxylic acids is 1. The molecule has 0 aliphatic rings. The van der Waals surface area contributed by atoms with Crippen LogP contribution in [0.1, 0.15) is 15.9 Å². The number of hydrogen-bond donors (Lipinski definition) is 1. The number of halogens is 8. The molecule has 1 N–H and O–H groups in total. The molecule has 0 fully saturated rings. The Bertz CT molecular complexity index is 951. The summed E-state index contributed by atoms with van der Waals surface area (Å²) in [6.07, 6.45) is -7.81. The first-order chi connectivity index (χ1) is 14.2. The van der Waals surface area contributed by atoms with E-state index >= 15 is 0 Å². The number of rotatable bonds is 5. The van der Waals surface area contributed by atoms with E-state index in [1.54, 1.807) is 0 Å². The van der Waals surface area contributed by atoms with Crippen molar-refractivity contribution in [3.8, 4) is 11.5 Å². The minimum absolute atomic E-state index is 0.0583. The molecule has 2 aromatic rings. The van der Waals surface area contributed by atoms with Gasteiger partial charge in [-0.05, 0) is 42.0 Å². The zero-order chi connectivity index (χ0) is 23.8. The quantitative estimate of drug-likeness (QED) is 0.371. The second-order valence-electron chi connectivity index (χ2n) is 5.26. The highest BCUT2D eigenvalue weighted by molar-refractivity contribution is 5.85. The molecule has 0 saturated heterocycles. The molecule has 0 radical (unpaired) electrons. The van der Waals surface area contributed by atoms with E-state index in [1.165, 1.54) is 0 Å². The molecule has 31 heavy (non-hydrogen) atoms. The lowest BCUT2D eigenvalue weighted by Crippen LogP contribution is -2.18. The van der Waals surface area contributed by atoms with Crippen LogP contribution >= 0.6 is 0 Å². The van der Waals surface area contributed by atoms with Crippen molar-refractivity contribution in [3.63, 3.8) is 0 Å². The van der Waals surface area contributed by atoms with Gasteiger partial charge in [0.2, 0.25) is 0 Å². The Balaban J connectivity index is 0.000000316. The molecule has 0 unspecified atom stereocenters. The van der Waals surface area contributed by atoms with Crippen LogP contribution in [0.15, 0.2) is 42.5 Å². The van der Waals surface area contributed by atoms with Crippen molar-refractivity contribution in [2.24, 2.45) is 0 Å². The van der Waals surface area contributed by atoms with Crippen molar-refractivity contribution in [1.29, 1.82) is 0 Å². The highest BCUT2D eigenvalue weighted by atomic mass is 19.4. The number of carboxylic acids is 1. The van der Waals surface area contributed by atoms with Crippen LogP contribution in [0.3, 0.4) is 0 Å². The number of alkyl halides is 6. The van der Waals surface area contributed by atoms with Crippen molar-refractivity contribution in [2.75, 3.05) is 0 Å². The van der Waals surface area contributed by atoms with Crippen LogP contribution < -0.4 is 9.47 Å². The Morgan fingerprint density at radius 1 is 0.806 bits per heavy atom. The lowest BCUT2D eigenvalue weighted by Gasteiger charge is -2.09. The lowest BCUT2D eigenvalue weighted by molar-refractivity contribution is -0.276. The fourth-order valence-electron chi connectivity index (χ4n) is 1.79. The molecule has 0 amide bonds. The normalized spacial score (nSPS) is 11.5. The minimum atomic E-state index is -4.97. The van der Waals surface area contributed by atoms with Crippen molar-refractivity contribution < 1.29 is 59.3 Å². The number of benzene rings is 2. The monoisotopic (exact) mass is 458 g/mol. The van der Waals surface area contributed by atoms with Gasteiger partial charge in [-0.2, -0.15) is 0 Å². The first-order valence-electron chi connectivity index (χ1n) is 7.67. The van der Waals surface area contributed by atoms with Crippen LogP contribution in [-0.4, -0.2) is 30.1 Å². The van der Waals surface area contributed by atoms with Gasteiger partial charge < -0.3 is 14.6 Å². The van der Waals surface area contributed by atoms with E-state index < -0.39 is 41.8 Å². The molecule has 13 heteroatoms. The van der Waals surface area contributed by atoms with Crippen LogP contribution in [0.5, 0.6) is 11.5 Å². The van der Waals surface area contributed by atoms with Gasteiger partial charge >= 0.3 is 18.7 Å². The minimum Gasteiger partial charge on any atom is -0.478 e. The SMILES string of the molecule is O=C(O)/C=C/c1ccc(OC(F)(F)F)c(F)c1.O=Cc1ccc(OC(F)(F)F)c(F)c1. The maximum atomic E-state index is 13.1. The molecule has 5 nitrogen and oxygen atoms in total. The first kappa shape index (κ1) is 25.4. The molecule has 2 aromatic carbocycles. The third-order valence-electron chi connectivity index (χ3n) is 2.92. The molecular formula is C18H10F8O5. The van der Waals surface area contributed by atoms with Gasteiger partial charge in [0.25, 0.3) is 0 Å². The van der Waals surface area contributed by atoms with E-state index in [4.69, 9.17) is 5.11 Å². The Morgan fingerprint density at radius 3 is 1.58 bits per heavy atom. The number of carbonyl (C=O) groups is 2. The van der Waals surface area contributed by atoms with Gasteiger partial charge in [0, 0.05) is 11.6 Å². The number of aldehydes is 1. The molecule has 0 aromatic heterocycles. The smallest absolute Gasteiger partial charge is 0.478 e. The molecule has 0 spiro atoms. The Labute approximate surface area is 168 Å². The molecule has 0 aliphatic carbocycles. The molecule has 0 aliphatic heterocycles. The Hall–Kier alpha value is -3.64. The van der Waals surface area contributed by atoms with Gasteiger partial charge in [-0.3, -0.25) is 4.79 Å². The molecule has 0 heterocycles. The van der Waals surface area contributed by atoms with Crippen molar-refractivity contribution in [1.82, 2.24) is 0 Å². The van der Waals surface area contributed by atoms with Gasteiger partial charge in [0.15, 0.2) is 23.1 Å². The van der Waals surface area contributed by atoms with Crippen molar-refractivity contribution >= 4 is 18.3 Å². The highest BCUT2D eigenvalue weighted by Crippen LogP contribution is 2.27. The summed E-state index contributed by atoms with van der Waals surface area (Å²) < 4.78 is 103. The molecule has 0 bridgehead atoms. The van der Waals surface area contributed by atoms with Gasteiger partial charge in [-0.25, -0.2) is 13.6 Å². The number of hydrogen-bond acceptors (Lipinski definition) is 4. The summed E-state index contributed by atoms with van der Waals surface area (Å²) >= 11 is 0. The molecule has 168 valence electrons. The fraction of sp³-hybridized carbons (Fsp3) is 0.111. The van der Waals surface area contributed by atoms with Crippen LogP contribution in [-0.2, 0) is 4.79 Å². The second-order valence-corrected chi connectivity index (χ2v) is 5.26. The Morgan fingerprint density at radius 2 is 1.23 bits per heavy atom. The zero-order valence-electron chi connectivity index (χ0n) is 14.8. The van der Waals surface area contributed by atoms with E-state index in [9.17, 15) is 44.7 Å². The predicted molar refractivity (Wildman–Crippen MR) is 88.2 cm³/mol. The van der Waals surface area contributed by atoms with Gasteiger partial charge in [0.1, 0.15) is 6.29 Å². The third kappa shape index (κ3) is 10.1. The van der Waals surface area contributed by atoms with Crippen molar-refractivity contribution in [2.45, 2.75) is 12.7 Å². The largest absolute Gasteiger partial charge is 0.573 e. The lowest BCUT2D eigenvalue weighted by atomic mass is 10.2. The Kier molecular flexibility index (Phi) is 8.53. The average molecular weight is 458 g/mol. The summed E-state index contributed by atoms with van der Waals surface area (Å²) in [6.45, 7) is 0. The van der Waals surface area contributed by atoms with Crippen molar-refractivity contribution in [3.05, 3.63) is 65.2 Å². The second kappa shape index (κ2) is 10.4. The average Bonchev–Trinajstić information content (AvgIpc) is 2.62. The predicted octanol–water partition coefficient (Wildman–Crippen LogP) is 5.36. The number of ether oxygens (including phenoxy) is 2. The van der Waals surface area contributed by atoms with Gasteiger partial charge in [-0.1, -0.05) is 6.07 Å². The summed E-state index contributed by atoms with van der Waals surface area (Å²) in [6, 6.07) is 5.03. The standard InChI is InChI=1S/C10H6F4O3.C8H4F4O2/c11-7-5-6(2-4-9(15)16)1-3-8(7)17-10(12,13)14;9-6-3-5(4-13)1-2-7(6)14-8(10,11)12/h1-5H,(H,15,16);1-4H/b4-2+;. The molecule has 0 atom stereocenters. The van der Waals surface area contributed by atoms with E-state index in [0.717, 1.165) is 42.5 Å². The molecule has 2 rings (SSSR count). The maximum absolute atomic E-state index is 13.1. The van der Waals surface area contributed by atoms with Crippen LogP contribution in [0.4, 0.5) is 35.1 Å². The fourth-order valence-corrected chi connectivity index (χ4v) is 1.79. The topological polar surface area (TPSA) is 72.8 Å². The number of carboxylic acid groups (broad SMARTS) is 1. The number of aliphatic carboxylic acids is 1. The van der Waals surface area contributed by atoms with Crippen LogP contribution in [0, 0.1) is 11.6 Å². The maximum Gasteiger partial charge on any atom is 0.573 e. The van der Waals surface area contributed by atoms with Crippen LogP contribution in [0.2, 0.25) is 0 Å². The molecule has 0 saturated carbocycles. The van der Waals surface area contributed by atoms with E-state index in [0.29, 0.717) is 12.4 Å². The summed E-state index contributed by atoms with van der Waals surface area (Å²) in [5, 5.41) is 8.30. The molecular weight excluding hydrogens is 448 g/mol. The summed E-state index contributed by atoms with van der Waals surface area (Å²) in [5.41, 5.74) is 0.0523. The van der Waals surface area contributed by atoms with Gasteiger partial charge in [-0.15, -0.1) is 26.3 Å².